The van der Waals surface area contributed by atoms with E-state index in [1.165, 1.54) is 18.4 Å². The van der Waals surface area contributed by atoms with E-state index >= 15 is 0 Å². The van der Waals surface area contributed by atoms with E-state index in [2.05, 4.69) is 0 Å². The Morgan fingerprint density at radius 3 is 2.18 bits per heavy atom. The molecule has 4 nitrogen and oxygen atoms in total. The molecule has 0 saturated heterocycles. The van der Waals surface area contributed by atoms with Crippen LogP contribution in [0.1, 0.15) is 25.3 Å². The highest BCUT2D eigenvalue weighted by molar-refractivity contribution is 7.89. The Labute approximate surface area is 103 Å². The lowest BCUT2D eigenvalue weighted by atomic mass is 9.95. The molecule has 1 rings (SSSR count). The molecule has 1 aromatic carbocycles. The third-order valence-corrected chi connectivity index (χ3v) is 4.85. The van der Waals surface area contributed by atoms with Crippen LogP contribution in [0.15, 0.2) is 29.2 Å². The quantitative estimate of drug-likeness (QED) is 0.885. The summed E-state index contributed by atoms with van der Waals surface area (Å²) >= 11 is 0. The summed E-state index contributed by atoms with van der Waals surface area (Å²) in [5.74, 6) is 0.000856. The number of benzene rings is 1. The van der Waals surface area contributed by atoms with Crippen molar-refractivity contribution in [2.75, 3.05) is 14.1 Å². The molecule has 0 fully saturated rings. The van der Waals surface area contributed by atoms with Crippen molar-refractivity contribution in [2.45, 2.75) is 30.7 Å². The lowest BCUT2D eigenvalue weighted by Crippen LogP contribution is -2.27. The Morgan fingerprint density at radius 2 is 1.71 bits per heavy atom. The van der Waals surface area contributed by atoms with Crippen molar-refractivity contribution >= 4 is 10.0 Å². The highest BCUT2D eigenvalue weighted by atomic mass is 32.2. The maximum atomic E-state index is 12.2. The first-order valence-corrected chi connectivity index (χ1v) is 6.99. The van der Waals surface area contributed by atoms with Gasteiger partial charge < -0.3 is 5.73 Å². The molecule has 0 aliphatic rings. The van der Waals surface area contributed by atoms with Crippen molar-refractivity contribution < 1.29 is 8.42 Å². The highest BCUT2D eigenvalue weighted by Gasteiger charge is 2.24. The monoisotopic (exact) mass is 256 g/mol. The van der Waals surface area contributed by atoms with Gasteiger partial charge in [-0.1, -0.05) is 25.1 Å². The Bertz CT molecular complexity index is 481. The first-order valence-electron chi connectivity index (χ1n) is 5.55. The molecule has 0 aliphatic heterocycles. The summed E-state index contributed by atoms with van der Waals surface area (Å²) in [6.07, 6.45) is 0. The van der Waals surface area contributed by atoms with E-state index in [9.17, 15) is 8.42 Å². The lowest BCUT2D eigenvalue weighted by molar-refractivity contribution is 0.516. The third-order valence-electron chi connectivity index (χ3n) is 2.96. The molecular weight excluding hydrogens is 236 g/mol. The van der Waals surface area contributed by atoms with E-state index in [0.717, 1.165) is 5.56 Å². The minimum Gasteiger partial charge on any atom is -0.327 e. The summed E-state index contributed by atoms with van der Waals surface area (Å²) in [5.41, 5.74) is 6.62. The van der Waals surface area contributed by atoms with Crippen LogP contribution in [0.5, 0.6) is 0 Å². The van der Waals surface area contributed by atoms with Crippen molar-refractivity contribution in [2.24, 2.45) is 5.73 Å². The minimum absolute atomic E-state index is 0.000856. The molecule has 0 aromatic heterocycles. The molecule has 2 N–H and O–H groups in total. The second kappa shape index (κ2) is 5.16. The van der Waals surface area contributed by atoms with E-state index in [1.807, 2.05) is 26.0 Å². The van der Waals surface area contributed by atoms with Crippen molar-refractivity contribution in [1.82, 2.24) is 4.31 Å². The van der Waals surface area contributed by atoms with E-state index in [1.54, 1.807) is 12.1 Å². The summed E-state index contributed by atoms with van der Waals surface area (Å²) in [5, 5.41) is 0. The van der Waals surface area contributed by atoms with Gasteiger partial charge in [-0.15, -0.1) is 0 Å². The normalized spacial score (nSPS) is 15.9. The zero-order valence-corrected chi connectivity index (χ0v) is 11.5. The first-order chi connectivity index (χ1) is 7.78. The second-order valence-corrected chi connectivity index (χ2v) is 6.59. The summed E-state index contributed by atoms with van der Waals surface area (Å²) in [7, 11) is -0.347. The molecule has 0 spiro atoms. The minimum atomic E-state index is -3.41. The predicted octanol–water partition coefficient (Wildman–Crippen LogP) is 1.39. The van der Waals surface area contributed by atoms with Crippen LogP contribution in [0, 0.1) is 0 Å². The zero-order chi connectivity index (χ0) is 13.2. The van der Waals surface area contributed by atoms with Crippen LogP contribution in [-0.2, 0) is 10.0 Å². The van der Waals surface area contributed by atoms with Gasteiger partial charge in [0.2, 0.25) is 10.0 Å². The standard InChI is InChI=1S/C12H20N2O2S/c1-9(10(2)13)11-7-5-6-8-12(11)17(15,16)14(3)4/h5-10H,13H2,1-4H3. The molecule has 2 unspecified atom stereocenters. The van der Waals surface area contributed by atoms with E-state index < -0.39 is 10.0 Å². The number of hydrogen-bond acceptors (Lipinski definition) is 3. The summed E-state index contributed by atoms with van der Waals surface area (Å²) in [4.78, 5) is 0.342. The average Bonchev–Trinajstić information content (AvgIpc) is 2.27. The van der Waals surface area contributed by atoms with Crippen LogP contribution >= 0.6 is 0 Å². The van der Waals surface area contributed by atoms with Gasteiger partial charge in [0.25, 0.3) is 0 Å². The van der Waals surface area contributed by atoms with Crippen LogP contribution in [0.3, 0.4) is 0 Å². The van der Waals surface area contributed by atoms with Crippen LogP contribution in [0.2, 0.25) is 0 Å². The van der Waals surface area contributed by atoms with Gasteiger partial charge in [-0.2, -0.15) is 0 Å². The lowest BCUT2D eigenvalue weighted by Gasteiger charge is -2.21. The molecule has 0 saturated carbocycles. The number of sulfonamides is 1. The van der Waals surface area contributed by atoms with Crippen molar-refractivity contribution in [3.63, 3.8) is 0 Å². The molecule has 17 heavy (non-hydrogen) atoms. The highest BCUT2D eigenvalue weighted by Crippen LogP contribution is 2.26. The van der Waals surface area contributed by atoms with E-state index in [-0.39, 0.29) is 12.0 Å². The Morgan fingerprint density at radius 1 is 1.18 bits per heavy atom. The van der Waals surface area contributed by atoms with Crippen LogP contribution < -0.4 is 5.73 Å². The molecule has 1 aromatic rings. The van der Waals surface area contributed by atoms with Crippen LogP contribution in [-0.4, -0.2) is 32.9 Å². The van der Waals surface area contributed by atoms with Crippen molar-refractivity contribution in [1.29, 1.82) is 0 Å². The van der Waals surface area contributed by atoms with Gasteiger partial charge in [0.1, 0.15) is 0 Å². The molecule has 96 valence electrons. The van der Waals surface area contributed by atoms with Gasteiger partial charge in [0.15, 0.2) is 0 Å². The molecule has 2 atom stereocenters. The number of nitrogens with two attached hydrogens (primary N) is 1. The molecule has 0 radical (unpaired) electrons. The summed E-state index contributed by atoms with van der Waals surface area (Å²) in [6.45, 7) is 3.82. The summed E-state index contributed by atoms with van der Waals surface area (Å²) < 4.78 is 25.6. The molecule has 0 amide bonds. The predicted molar refractivity (Wildman–Crippen MR) is 69.4 cm³/mol. The Hall–Kier alpha value is -0.910. The van der Waals surface area contributed by atoms with Gasteiger partial charge in [-0.3, -0.25) is 0 Å². The molecule has 0 aliphatic carbocycles. The second-order valence-electron chi connectivity index (χ2n) is 4.47. The van der Waals surface area contributed by atoms with E-state index in [0.29, 0.717) is 4.90 Å². The van der Waals surface area contributed by atoms with Crippen molar-refractivity contribution in [3.05, 3.63) is 29.8 Å². The average molecular weight is 256 g/mol. The molecule has 5 heteroatoms. The molecular formula is C12H20N2O2S. The van der Waals surface area contributed by atoms with Gasteiger partial charge in [0.05, 0.1) is 4.90 Å². The van der Waals surface area contributed by atoms with Crippen LogP contribution in [0.4, 0.5) is 0 Å². The van der Waals surface area contributed by atoms with Crippen LogP contribution in [0.25, 0.3) is 0 Å². The van der Waals surface area contributed by atoms with Gasteiger partial charge in [-0.25, -0.2) is 12.7 Å². The maximum absolute atomic E-state index is 12.2. The Balaban J connectivity index is 3.36. The number of rotatable bonds is 4. The van der Waals surface area contributed by atoms with Crippen molar-refractivity contribution in [3.8, 4) is 0 Å². The summed E-state index contributed by atoms with van der Waals surface area (Å²) in [6, 6.07) is 6.93. The maximum Gasteiger partial charge on any atom is 0.242 e. The Kier molecular flexibility index (Phi) is 4.30. The van der Waals surface area contributed by atoms with E-state index in [4.69, 9.17) is 5.73 Å². The SMILES string of the molecule is CC(N)C(C)c1ccccc1S(=O)(=O)N(C)C. The number of hydrogen-bond donors (Lipinski definition) is 1. The molecule has 0 bridgehead atoms. The van der Waals surface area contributed by atoms with Gasteiger partial charge in [0, 0.05) is 20.1 Å². The fourth-order valence-electron chi connectivity index (χ4n) is 1.57. The number of nitrogens with zero attached hydrogens (tertiary/aromatic N) is 1. The molecule has 0 heterocycles. The largest absolute Gasteiger partial charge is 0.327 e. The third kappa shape index (κ3) is 2.86. The smallest absolute Gasteiger partial charge is 0.242 e. The van der Waals surface area contributed by atoms with Gasteiger partial charge >= 0.3 is 0 Å². The first kappa shape index (κ1) is 14.2. The fourth-order valence-corrected chi connectivity index (χ4v) is 2.77. The fraction of sp³-hybridized carbons (Fsp3) is 0.500. The topological polar surface area (TPSA) is 63.4 Å². The zero-order valence-electron chi connectivity index (χ0n) is 10.7. The van der Waals surface area contributed by atoms with Gasteiger partial charge in [-0.05, 0) is 24.5 Å².